The molecule has 0 spiro atoms. The zero-order chi connectivity index (χ0) is 16.0. The average molecular weight is 356 g/mol. The predicted octanol–water partition coefficient (Wildman–Crippen LogP) is -0.247. The molecular formula is C14H32N2O5Ti. The van der Waals surface area contributed by atoms with E-state index in [1.165, 1.54) is 0 Å². The van der Waals surface area contributed by atoms with Gasteiger partial charge in [-0.15, -0.1) is 0 Å². The Labute approximate surface area is 148 Å². The summed E-state index contributed by atoms with van der Waals surface area (Å²) in [6.07, 6.45) is 2.79. The molecule has 0 aliphatic carbocycles. The molecule has 0 aromatic heterocycles. The molecule has 0 atom stereocenters. The van der Waals surface area contributed by atoms with E-state index < -0.39 is 12.1 Å². The fourth-order valence-electron chi connectivity index (χ4n) is 1.68. The van der Waals surface area contributed by atoms with Gasteiger partial charge in [-0.3, -0.25) is 10.6 Å². The first-order valence-electron chi connectivity index (χ1n) is 7.83. The summed E-state index contributed by atoms with van der Waals surface area (Å²) < 4.78 is 11.0. The number of rotatable bonds is 15. The zero-order valence-corrected chi connectivity index (χ0v) is 15.4. The smallest absolute Gasteiger partial charge is 0.310 e. The van der Waals surface area contributed by atoms with E-state index in [-0.39, 0.29) is 48.0 Å². The van der Waals surface area contributed by atoms with Crippen molar-refractivity contribution in [3.05, 3.63) is 0 Å². The maximum Gasteiger partial charge on any atom is 0.310 e. The van der Waals surface area contributed by atoms with Crippen LogP contribution in [0.15, 0.2) is 0 Å². The summed E-state index contributed by atoms with van der Waals surface area (Å²) in [5.41, 5.74) is 0. The van der Waals surface area contributed by atoms with Gasteiger partial charge >= 0.3 is 5.97 Å². The molecule has 0 aromatic rings. The number of aliphatic hydroxyl groups is 3. The molecule has 0 rings (SSSR count). The fraction of sp³-hybridized carbons (Fsp3) is 1.00. The maximum absolute atomic E-state index is 10.6. The number of hydrogen-bond donors (Lipinski definition) is 5. The average Bonchev–Trinajstić information content (AvgIpc) is 2.48. The first-order chi connectivity index (χ1) is 10.1. The topological polar surface area (TPSA) is 103 Å². The van der Waals surface area contributed by atoms with Gasteiger partial charge in [-0.25, -0.2) is 0 Å². The van der Waals surface area contributed by atoms with Crippen LogP contribution in [0.3, 0.4) is 0 Å². The van der Waals surface area contributed by atoms with E-state index >= 15 is 0 Å². The van der Waals surface area contributed by atoms with Crippen molar-refractivity contribution in [1.29, 1.82) is 0 Å². The molecule has 0 saturated heterocycles. The Bertz CT molecular complexity index is 219. The molecule has 8 heteroatoms. The van der Waals surface area contributed by atoms with Gasteiger partial charge in [-0.05, 0) is 12.8 Å². The first kappa shape index (κ1) is 24.7. The van der Waals surface area contributed by atoms with Crippen molar-refractivity contribution in [2.45, 2.75) is 51.7 Å². The van der Waals surface area contributed by atoms with Crippen LogP contribution in [0.4, 0.5) is 0 Å². The Balaban J connectivity index is 0. The quantitative estimate of drug-likeness (QED) is 0.157. The molecule has 0 bridgehead atoms. The molecule has 5 N–H and O–H groups in total. The van der Waals surface area contributed by atoms with E-state index in [0.29, 0.717) is 13.2 Å². The summed E-state index contributed by atoms with van der Waals surface area (Å²) in [5, 5.41) is 34.4. The maximum atomic E-state index is 10.6. The van der Waals surface area contributed by atoms with Crippen LogP contribution in [0.1, 0.15) is 39.5 Å². The second kappa shape index (κ2) is 16.3. The molecule has 0 amide bonds. The third-order valence-electron chi connectivity index (χ3n) is 2.90. The Hall–Kier alpha value is 0.434. The van der Waals surface area contributed by atoms with Gasteiger partial charge < -0.3 is 24.8 Å². The van der Waals surface area contributed by atoms with Crippen LogP contribution in [0.5, 0.6) is 0 Å². The standard InChI is InChI=1S/C14H32N2O5.Ti/c1-3-5-11-20-14(19,21-12-6-4-2)13(15-7-9-17)16-8-10-18;/h13,15-19H,3-12H2,1-2H3;. The van der Waals surface area contributed by atoms with Crippen LogP contribution in [-0.2, 0) is 31.2 Å². The van der Waals surface area contributed by atoms with Crippen LogP contribution in [0.2, 0.25) is 0 Å². The molecule has 0 radical (unpaired) electrons. The predicted molar refractivity (Wildman–Crippen MR) is 80.6 cm³/mol. The minimum atomic E-state index is -1.82. The van der Waals surface area contributed by atoms with Gasteiger partial charge in [0.15, 0.2) is 0 Å². The summed E-state index contributed by atoms with van der Waals surface area (Å²) >= 11 is 0. The van der Waals surface area contributed by atoms with Gasteiger partial charge in [-0.2, -0.15) is 0 Å². The molecule has 0 heterocycles. The number of ether oxygens (including phenoxy) is 2. The van der Waals surface area contributed by atoms with Crippen molar-refractivity contribution in [3.8, 4) is 0 Å². The van der Waals surface area contributed by atoms with Crippen molar-refractivity contribution in [3.63, 3.8) is 0 Å². The van der Waals surface area contributed by atoms with E-state index in [1.807, 2.05) is 13.8 Å². The molecule has 0 aromatic carbocycles. The summed E-state index contributed by atoms with van der Waals surface area (Å²) in [6.45, 7) is 5.22. The van der Waals surface area contributed by atoms with Crippen molar-refractivity contribution >= 4 is 0 Å². The van der Waals surface area contributed by atoms with E-state index in [1.54, 1.807) is 0 Å². The summed E-state index contributed by atoms with van der Waals surface area (Å²) in [7, 11) is 0. The molecule has 0 unspecified atom stereocenters. The van der Waals surface area contributed by atoms with Gasteiger partial charge in [0.1, 0.15) is 6.17 Å². The van der Waals surface area contributed by atoms with Crippen LogP contribution in [0, 0.1) is 0 Å². The van der Waals surface area contributed by atoms with Crippen molar-refractivity contribution in [1.82, 2.24) is 10.6 Å². The van der Waals surface area contributed by atoms with E-state index in [4.69, 9.17) is 19.7 Å². The SMILES string of the molecule is CCCCOC(O)(OCCCC)C(NCCO)NCCO.[Ti]. The summed E-state index contributed by atoms with van der Waals surface area (Å²) in [6, 6.07) is 0. The van der Waals surface area contributed by atoms with Gasteiger partial charge in [0.2, 0.25) is 0 Å². The minimum absolute atomic E-state index is 0. The molecule has 0 fully saturated rings. The van der Waals surface area contributed by atoms with Gasteiger partial charge in [0.05, 0.1) is 26.4 Å². The van der Waals surface area contributed by atoms with E-state index in [0.717, 1.165) is 25.7 Å². The number of aliphatic hydroxyl groups excluding tert-OH is 2. The number of nitrogens with one attached hydrogen (secondary N) is 2. The largest absolute Gasteiger partial charge is 0.395 e. The second-order valence-corrected chi connectivity index (χ2v) is 4.82. The molecule has 22 heavy (non-hydrogen) atoms. The van der Waals surface area contributed by atoms with Crippen LogP contribution < -0.4 is 10.6 Å². The van der Waals surface area contributed by atoms with Crippen LogP contribution in [-0.4, -0.2) is 67.0 Å². The Morgan fingerprint density at radius 3 is 1.64 bits per heavy atom. The monoisotopic (exact) mass is 356 g/mol. The summed E-state index contributed by atoms with van der Waals surface area (Å²) in [5.74, 6) is -1.82. The van der Waals surface area contributed by atoms with Crippen molar-refractivity contribution in [2.24, 2.45) is 0 Å². The van der Waals surface area contributed by atoms with Crippen LogP contribution >= 0.6 is 0 Å². The third kappa shape index (κ3) is 11.0. The van der Waals surface area contributed by atoms with E-state index in [9.17, 15) is 5.11 Å². The molecule has 7 nitrogen and oxygen atoms in total. The van der Waals surface area contributed by atoms with Gasteiger partial charge in [0, 0.05) is 34.8 Å². The first-order valence-corrected chi connectivity index (χ1v) is 7.83. The minimum Gasteiger partial charge on any atom is -0.395 e. The van der Waals surface area contributed by atoms with Gasteiger partial charge in [0.25, 0.3) is 0 Å². The Kier molecular flexibility index (Phi) is 18.3. The fourth-order valence-corrected chi connectivity index (χ4v) is 1.68. The van der Waals surface area contributed by atoms with Gasteiger partial charge in [-0.1, -0.05) is 26.7 Å². The molecule has 0 aliphatic rings. The van der Waals surface area contributed by atoms with Crippen molar-refractivity contribution in [2.75, 3.05) is 39.5 Å². The normalized spacial score (nSPS) is 11.7. The number of hydrogen-bond acceptors (Lipinski definition) is 7. The molecule has 0 saturated carbocycles. The van der Waals surface area contributed by atoms with Crippen LogP contribution in [0.25, 0.3) is 0 Å². The zero-order valence-electron chi connectivity index (χ0n) is 13.8. The van der Waals surface area contributed by atoms with Crippen molar-refractivity contribution < 1.29 is 46.5 Å². The third-order valence-corrected chi connectivity index (χ3v) is 2.90. The Morgan fingerprint density at radius 2 is 1.32 bits per heavy atom. The summed E-state index contributed by atoms with van der Waals surface area (Å²) in [4.78, 5) is 0. The Morgan fingerprint density at radius 1 is 0.909 bits per heavy atom. The second-order valence-electron chi connectivity index (χ2n) is 4.82. The number of unbranched alkanes of at least 4 members (excludes halogenated alkanes) is 2. The molecule has 0 aliphatic heterocycles. The molecule has 132 valence electrons. The molecular weight excluding hydrogens is 324 g/mol. The van der Waals surface area contributed by atoms with E-state index in [2.05, 4.69) is 10.6 Å².